The number of rotatable bonds is 3. The van der Waals surface area contributed by atoms with Gasteiger partial charge in [-0.15, -0.1) is 6.58 Å². The second-order valence-electron chi connectivity index (χ2n) is 2.66. The van der Waals surface area contributed by atoms with Gasteiger partial charge in [-0.2, -0.15) is 0 Å². The molecule has 0 fully saturated rings. The monoisotopic (exact) mass is 250 g/mol. The fraction of sp³-hybridized carbons (Fsp3) is 0.200. The van der Waals surface area contributed by atoms with Crippen LogP contribution in [0.15, 0.2) is 18.7 Å². The maximum Gasteiger partial charge on any atom is 0.142 e. The molecule has 1 aromatic carbocycles. The lowest BCUT2D eigenvalue weighted by molar-refractivity contribution is 0.411. The smallest absolute Gasteiger partial charge is 0.142 e. The average Bonchev–Trinajstić information content (AvgIpc) is 2.14. The normalized spacial score (nSPS) is 10.0. The van der Waals surface area contributed by atoms with Crippen molar-refractivity contribution in [2.45, 2.75) is 6.42 Å². The van der Waals surface area contributed by atoms with Gasteiger partial charge in [0.2, 0.25) is 0 Å². The van der Waals surface area contributed by atoms with E-state index in [4.69, 9.17) is 39.5 Å². The SMILES string of the molecule is C=CCc1c(Cl)c(Cl)cc(Cl)c1OC. The van der Waals surface area contributed by atoms with Crippen molar-refractivity contribution >= 4 is 34.8 Å². The van der Waals surface area contributed by atoms with Crippen LogP contribution < -0.4 is 4.74 Å². The largest absolute Gasteiger partial charge is 0.495 e. The number of allylic oxidation sites excluding steroid dienone is 1. The minimum atomic E-state index is 0.425. The Morgan fingerprint density at radius 2 is 2.00 bits per heavy atom. The molecule has 0 spiro atoms. The van der Waals surface area contributed by atoms with Crippen molar-refractivity contribution in [2.24, 2.45) is 0 Å². The highest BCUT2D eigenvalue weighted by Gasteiger charge is 2.14. The average molecular weight is 252 g/mol. The van der Waals surface area contributed by atoms with E-state index < -0.39 is 0 Å². The lowest BCUT2D eigenvalue weighted by Crippen LogP contribution is -1.93. The van der Waals surface area contributed by atoms with Crippen LogP contribution in [0.5, 0.6) is 5.75 Å². The van der Waals surface area contributed by atoms with E-state index in [9.17, 15) is 0 Å². The van der Waals surface area contributed by atoms with E-state index in [-0.39, 0.29) is 0 Å². The summed E-state index contributed by atoms with van der Waals surface area (Å²) in [6.07, 6.45) is 2.29. The third-order valence-corrected chi connectivity index (χ3v) is 2.88. The quantitative estimate of drug-likeness (QED) is 0.572. The van der Waals surface area contributed by atoms with Gasteiger partial charge in [-0.1, -0.05) is 40.9 Å². The van der Waals surface area contributed by atoms with Crippen molar-refractivity contribution in [1.82, 2.24) is 0 Å². The Labute approximate surface area is 98.2 Å². The van der Waals surface area contributed by atoms with Gasteiger partial charge in [-0.25, -0.2) is 0 Å². The fourth-order valence-electron chi connectivity index (χ4n) is 1.18. The number of methoxy groups -OCH3 is 1. The first-order valence-corrected chi connectivity index (χ1v) is 5.06. The number of hydrogen-bond donors (Lipinski definition) is 0. The van der Waals surface area contributed by atoms with Crippen molar-refractivity contribution in [3.8, 4) is 5.75 Å². The van der Waals surface area contributed by atoms with Gasteiger partial charge in [0.15, 0.2) is 0 Å². The summed E-state index contributed by atoms with van der Waals surface area (Å²) in [5, 5.41) is 1.35. The summed E-state index contributed by atoms with van der Waals surface area (Å²) in [7, 11) is 1.54. The zero-order chi connectivity index (χ0) is 10.7. The zero-order valence-electron chi connectivity index (χ0n) is 7.61. The van der Waals surface area contributed by atoms with E-state index in [2.05, 4.69) is 6.58 Å². The van der Waals surface area contributed by atoms with Gasteiger partial charge in [0.05, 0.1) is 22.2 Å². The van der Waals surface area contributed by atoms with E-state index in [1.54, 1.807) is 12.1 Å². The summed E-state index contributed by atoms with van der Waals surface area (Å²) in [6.45, 7) is 3.63. The van der Waals surface area contributed by atoms with Crippen LogP contribution in [0.25, 0.3) is 0 Å². The van der Waals surface area contributed by atoms with Crippen LogP contribution in [-0.2, 0) is 6.42 Å². The summed E-state index contributed by atoms with van der Waals surface area (Å²) < 4.78 is 5.14. The van der Waals surface area contributed by atoms with Crippen molar-refractivity contribution < 1.29 is 4.74 Å². The van der Waals surface area contributed by atoms with Gasteiger partial charge in [-0.3, -0.25) is 0 Å². The molecule has 4 heteroatoms. The van der Waals surface area contributed by atoms with Crippen molar-refractivity contribution in [3.05, 3.63) is 39.4 Å². The first-order chi connectivity index (χ1) is 6.61. The van der Waals surface area contributed by atoms with Crippen LogP contribution in [0.2, 0.25) is 15.1 Å². The second-order valence-corrected chi connectivity index (χ2v) is 3.85. The standard InChI is InChI=1S/C10H9Cl3O/c1-3-4-6-9(13)7(11)5-8(12)10(6)14-2/h3,5H,1,4H2,2H3. The molecule has 0 bridgehead atoms. The van der Waals surface area contributed by atoms with Crippen LogP contribution >= 0.6 is 34.8 Å². The second kappa shape index (κ2) is 4.92. The van der Waals surface area contributed by atoms with E-state index in [1.165, 1.54) is 7.11 Å². The van der Waals surface area contributed by atoms with Crippen molar-refractivity contribution in [1.29, 1.82) is 0 Å². The molecule has 1 rings (SSSR count). The van der Waals surface area contributed by atoms with Crippen molar-refractivity contribution in [2.75, 3.05) is 7.11 Å². The first kappa shape index (κ1) is 11.7. The Hall–Kier alpha value is -0.370. The minimum absolute atomic E-state index is 0.425. The van der Waals surface area contributed by atoms with Gasteiger partial charge >= 0.3 is 0 Å². The molecule has 0 amide bonds. The Bertz CT molecular complexity index is 361. The van der Waals surface area contributed by atoms with Crippen LogP contribution in [0.3, 0.4) is 0 Å². The van der Waals surface area contributed by atoms with Crippen LogP contribution in [-0.4, -0.2) is 7.11 Å². The van der Waals surface area contributed by atoms with Gasteiger partial charge < -0.3 is 4.74 Å². The molecule has 0 aliphatic carbocycles. The predicted molar refractivity (Wildman–Crippen MR) is 61.9 cm³/mol. The zero-order valence-corrected chi connectivity index (χ0v) is 9.88. The van der Waals surface area contributed by atoms with Crippen LogP contribution in [0.1, 0.15) is 5.56 Å². The number of benzene rings is 1. The van der Waals surface area contributed by atoms with Gasteiger partial charge in [0.25, 0.3) is 0 Å². The van der Waals surface area contributed by atoms with E-state index >= 15 is 0 Å². The fourth-order valence-corrected chi connectivity index (χ4v) is 1.97. The third kappa shape index (κ3) is 2.17. The van der Waals surface area contributed by atoms with Crippen LogP contribution in [0.4, 0.5) is 0 Å². The molecule has 1 aromatic rings. The highest BCUT2D eigenvalue weighted by molar-refractivity contribution is 6.44. The third-order valence-electron chi connectivity index (χ3n) is 1.77. The topological polar surface area (TPSA) is 9.23 Å². The molecule has 0 radical (unpaired) electrons. The first-order valence-electron chi connectivity index (χ1n) is 3.93. The molecule has 0 aliphatic rings. The Kier molecular flexibility index (Phi) is 4.11. The highest BCUT2D eigenvalue weighted by atomic mass is 35.5. The maximum atomic E-state index is 6.01. The summed E-state index contributed by atoms with van der Waals surface area (Å²) in [6, 6.07) is 1.57. The molecule has 0 aromatic heterocycles. The molecular formula is C10H9Cl3O. The molecule has 0 heterocycles. The summed E-state index contributed by atoms with van der Waals surface area (Å²) in [4.78, 5) is 0. The Morgan fingerprint density at radius 3 is 2.50 bits per heavy atom. The van der Waals surface area contributed by atoms with Crippen LogP contribution in [0, 0.1) is 0 Å². The number of ether oxygens (including phenoxy) is 1. The predicted octanol–water partition coefficient (Wildman–Crippen LogP) is 4.38. The molecule has 0 atom stereocenters. The Morgan fingerprint density at radius 1 is 1.36 bits per heavy atom. The molecule has 0 saturated carbocycles. The molecule has 0 N–H and O–H groups in total. The molecule has 0 aliphatic heterocycles. The molecule has 1 nitrogen and oxygen atoms in total. The maximum absolute atomic E-state index is 6.01. The molecule has 0 saturated heterocycles. The number of hydrogen-bond acceptors (Lipinski definition) is 1. The molecule has 76 valence electrons. The molecular weight excluding hydrogens is 242 g/mol. The number of halogens is 3. The van der Waals surface area contributed by atoms with Gasteiger partial charge in [0.1, 0.15) is 5.75 Å². The van der Waals surface area contributed by atoms with E-state index in [0.717, 1.165) is 5.56 Å². The highest BCUT2D eigenvalue weighted by Crippen LogP contribution is 2.39. The van der Waals surface area contributed by atoms with E-state index in [1.807, 2.05) is 0 Å². The summed E-state index contributed by atoms with van der Waals surface area (Å²) in [5.41, 5.74) is 0.765. The minimum Gasteiger partial charge on any atom is -0.495 e. The van der Waals surface area contributed by atoms with Crippen molar-refractivity contribution in [3.63, 3.8) is 0 Å². The summed E-state index contributed by atoms with van der Waals surface area (Å²) >= 11 is 17.8. The van der Waals surface area contributed by atoms with Gasteiger partial charge in [-0.05, 0) is 12.5 Å². The van der Waals surface area contributed by atoms with E-state index in [0.29, 0.717) is 27.2 Å². The molecule has 0 unspecified atom stereocenters. The Balaban J connectivity index is 3.39. The lowest BCUT2D eigenvalue weighted by Gasteiger charge is -2.11. The lowest BCUT2D eigenvalue weighted by atomic mass is 10.1. The van der Waals surface area contributed by atoms with Gasteiger partial charge in [0, 0.05) is 5.56 Å². The summed E-state index contributed by atoms with van der Waals surface area (Å²) in [5.74, 6) is 0.556. The molecule has 14 heavy (non-hydrogen) atoms.